The van der Waals surface area contributed by atoms with E-state index in [4.69, 9.17) is 9.26 Å². The lowest BCUT2D eigenvalue weighted by atomic mass is 10.2. The third kappa shape index (κ3) is 6.32. The van der Waals surface area contributed by atoms with E-state index in [9.17, 15) is 0 Å². The molecule has 5 rings (SSSR count). The topological polar surface area (TPSA) is 98.2 Å². The minimum absolute atomic E-state index is 0.615. The number of benzene rings is 2. The minimum atomic E-state index is 0.615. The summed E-state index contributed by atoms with van der Waals surface area (Å²) in [5.41, 5.74) is 1.92. The summed E-state index contributed by atoms with van der Waals surface area (Å²) in [4.78, 5) is 11.2. The molecule has 0 N–H and O–H groups in total. The lowest BCUT2D eigenvalue weighted by molar-refractivity contribution is 0.115. The molecule has 10 heteroatoms. The van der Waals surface area contributed by atoms with Crippen molar-refractivity contribution in [3.8, 4) is 28.5 Å². The van der Waals surface area contributed by atoms with Crippen molar-refractivity contribution in [2.75, 3.05) is 39.8 Å². The van der Waals surface area contributed by atoms with Crippen LogP contribution in [0.3, 0.4) is 0 Å². The highest BCUT2D eigenvalue weighted by Gasteiger charge is 2.19. The van der Waals surface area contributed by atoms with Crippen LogP contribution in [-0.2, 0) is 13.1 Å². The molecule has 0 aliphatic carbocycles. The Morgan fingerprint density at radius 1 is 0.806 bits per heavy atom. The van der Waals surface area contributed by atoms with E-state index >= 15 is 0 Å². The number of aromatic nitrogens is 6. The predicted octanol–water partition coefficient (Wildman–Crippen LogP) is 3.39. The number of unbranched alkanes of at least 4 members (excludes halogenated alkanes) is 2. The average Bonchev–Trinajstić information content (AvgIpc) is 3.60. The molecule has 0 spiro atoms. The first-order valence-corrected chi connectivity index (χ1v) is 12.5. The summed E-state index contributed by atoms with van der Waals surface area (Å²) in [5.74, 6) is 2.77. The largest absolute Gasteiger partial charge is 0.497 e. The monoisotopic (exact) mass is 488 g/mol. The van der Waals surface area contributed by atoms with Crippen LogP contribution in [0.5, 0.6) is 5.75 Å². The van der Waals surface area contributed by atoms with E-state index in [2.05, 4.69) is 35.4 Å². The number of hydrogen-bond donors (Lipinski definition) is 0. The number of nitrogens with zero attached hydrogens (tertiary/aromatic N) is 8. The van der Waals surface area contributed by atoms with Crippen molar-refractivity contribution in [3.05, 3.63) is 60.5 Å². The van der Waals surface area contributed by atoms with E-state index in [1.54, 1.807) is 11.9 Å². The summed E-state index contributed by atoms with van der Waals surface area (Å²) in [6, 6.07) is 17.7. The van der Waals surface area contributed by atoms with Gasteiger partial charge in [-0.1, -0.05) is 41.9 Å². The summed E-state index contributed by atoms with van der Waals surface area (Å²) < 4.78 is 10.7. The lowest BCUT2D eigenvalue weighted by Gasteiger charge is -2.33. The van der Waals surface area contributed by atoms with Crippen molar-refractivity contribution in [2.24, 2.45) is 0 Å². The van der Waals surface area contributed by atoms with Crippen molar-refractivity contribution in [2.45, 2.75) is 32.4 Å². The van der Waals surface area contributed by atoms with E-state index in [-0.39, 0.29) is 0 Å². The van der Waals surface area contributed by atoms with E-state index in [0.29, 0.717) is 24.1 Å². The molecule has 36 heavy (non-hydrogen) atoms. The van der Waals surface area contributed by atoms with Gasteiger partial charge >= 0.3 is 0 Å². The second-order valence-electron chi connectivity index (χ2n) is 8.99. The Morgan fingerprint density at radius 2 is 1.53 bits per heavy atom. The van der Waals surface area contributed by atoms with Gasteiger partial charge in [0, 0.05) is 37.3 Å². The van der Waals surface area contributed by atoms with Gasteiger partial charge in [-0.3, -0.25) is 4.90 Å². The number of methoxy groups -OCH3 is 1. The predicted molar refractivity (Wildman–Crippen MR) is 135 cm³/mol. The van der Waals surface area contributed by atoms with Crippen molar-refractivity contribution in [1.82, 2.24) is 40.1 Å². The third-order valence-electron chi connectivity index (χ3n) is 6.46. The SMILES string of the molecule is COc1ccc(-c2noc(CN3CCN(CCCCCn4nnc(-c5ccccc5)n4)CC3)n2)cc1. The van der Waals surface area contributed by atoms with E-state index in [1.165, 1.54) is 6.42 Å². The molecule has 1 aliphatic rings. The minimum Gasteiger partial charge on any atom is -0.497 e. The maximum atomic E-state index is 5.50. The van der Waals surface area contributed by atoms with Crippen molar-refractivity contribution in [3.63, 3.8) is 0 Å². The second-order valence-corrected chi connectivity index (χ2v) is 8.99. The Kier molecular flexibility index (Phi) is 7.94. The Morgan fingerprint density at radius 3 is 2.31 bits per heavy atom. The maximum absolute atomic E-state index is 5.50. The van der Waals surface area contributed by atoms with Crippen LogP contribution in [-0.4, -0.2) is 80.0 Å². The fourth-order valence-electron chi connectivity index (χ4n) is 4.34. The molecular formula is C26H32N8O2. The van der Waals surface area contributed by atoms with Gasteiger partial charge < -0.3 is 14.2 Å². The van der Waals surface area contributed by atoms with Crippen LogP contribution >= 0.6 is 0 Å². The smallest absolute Gasteiger partial charge is 0.241 e. The van der Waals surface area contributed by atoms with Crippen LogP contribution in [0.2, 0.25) is 0 Å². The molecule has 3 heterocycles. The van der Waals surface area contributed by atoms with Gasteiger partial charge in [0.05, 0.1) is 20.2 Å². The fraction of sp³-hybridized carbons (Fsp3) is 0.423. The van der Waals surface area contributed by atoms with Crippen molar-refractivity contribution in [1.29, 1.82) is 0 Å². The summed E-state index contributed by atoms with van der Waals surface area (Å²) in [7, 11) is 1.65. The highest BCUT2D eigenvalue weighted by molar-refractivity contribution is 5.55. The van der Waals surface area contributed by atoms with Gasteiger partial charge in [0.15, 0.2) is 0 Å². The summed E-state index contributed by atoms with van der Waals surface area (Å²) >= 11 is 0. The number of ether oxygens (including phenoxy) is 1. The number of rotatable bonds is 11. The molecule has 1 saturated heterocycles. The van der Waals surface area contributed by atoms with E-state index in [0.717, 1.165) is 69.0 Å². The number of hydrogen-bond acceptors (Lipinski definition) is 9. The molecule has 4 aromatic rings. The summed E-state index contributed by atoms with van der Waals surface area (Å²) in [6.45, 7) is 6.74. The summed E-state index contributed by atoms with van der Waals surface area (Å²) in [5, 5.41) is 17.0. The van der Waals surface area contributed by atoms with Gasteiger partial charge in [0.1, 0.15) is 5.75 Å². The molecule has 0 atom stereocenters. The van der Waals surface area contributed by atoms with Gasteiger partial charge in [-0.05, 0) is 48.9 Å². The molecule has 0 radical (unpaired) electrons. The lowest BCUT2D eigenvalue weighted by Crippen LogP contribution is -2.46. The van der Waals surface area contributed by atoms with Crippen LogP contribution in [0.4, 0.5) is 0 Å². The number of piperazine rings is 1. The molecule has 10 nitrogen and oxygen atoms in total. The first kappa shape index (κ1) is 24.1. The average molecular weight is 489 g/mol. The zero-order chi connectivity index (χ0) is 24.6. The van der Waals surface area contributed by atoms with Gasteiger partial charge in [0.25, 0.3) is 0 Å². The van der Waals surface area contributed by atoms with Gasteiger partial charge in [-0.2, -0.15) is 9.78 Å². The Hall–Kier alpha value is -3.63. The Bertz CT molecular complexity index is 1200. The maximum Gasteiger partial charge on any atom is 0.241 e. The molecule has 0 amide bonds. The zero-order valence-electron chi connectivity index (χ0n) is 20.7. The van der Waals surface area contributed by atoms with Gasteiger partial charge in [0.2, 0.25) is 17.5 Å². The second kappa shape index (κ2) is 11.9. The molecule has 1 aliphatic heterocycles. The van der Waals surface area contributed by atoms with Gasteiger partial charge in [-0.15, -0.1) is 10.2 Å². The molecule has 1 fully saturated rings. The van der Waals surface area contributed by atoms with Crippen LogP contribution < -0.4 is 4.74 Å². The first-order valence-electron chi connectivity index (χ1n) is 12.5. The Balaban J connectivity index is 0.977. The number of aryl methyl sites for hydroxylation is 1. The summed E-state index contributed by atoms with van der Waals surface area (Å²) in [6.07, 6.45) is 3.38. The fourth-order valence-corrected chi connectivity index (χ4v) is 4.34. The zero-order valence-corrected chi connectivity index (χ0v) is 20.7. The highest BCUT2D eigenvalue weighted by atomic mass is 16.5. The van der Waals surface area contributed by atoms with Crippen molar-refractivity contribution < 1.29 is 9.26 Å². The normalized spacial score (nSPS) is 14.8. The van der Waals surface area contributed by atoms with Crippen molar-refractivity contribution >= 4 is 0 Å². The Labute approximate surface area is 210 Å². The standard InChI is InChI=1S/C26H32N8O2/c1-35-23-12-10-22(11-13-23)25-27-24(36-30-25)20-33-18-16-32(17-19-33)14-6-3-7-15-34-29-26(28-31-34)21-8-4-2-5-9-21/h2,4-5,8-13H,3,6-7,14-20H2,1H3. The molecule has 0 unspecified atom stereocenters. The quantitative estimate of drug-likeness (QED) is 0.294. The van der Waals surface area contributed by atoms with Crippen LogP contribution in [0.15, 0.2) is 59.1 Å². The van der Waals surface area contributed by atoms with Gasteiger partial charge in [-0.25, -0.2) is 0 Å². The van der Waals surface area contributed by atoms with Crippen LogP contribution in [0, 0.1) is 0 Å². The number of tetrazole rings is 1. The third-order valence-corrected chi connectivity index (χ3v) is 6.46. The van der Waals surface area contributed by atoms with E-state index in [1.807, 2.05) is 54.6 Å². The van der Waals surface area contributed by atoms with E-state index < -0.39 is 0 Å². The molecule has 2 aromatic carbocycles. The first-order chi connectivity index (χ1) is 17.8. The van der Waals surface area contributed by atoms with Crippen LogP contribution in [0.1, 0.15) is 25.2 Å². The molecule has 188 valence electrons. The molecular weight excluding hydrogens is 456 g/mol. The molecule has 0 bridgehead atoms. The molecule has 0 saturated carbocycles. The van der Waals surface area contributed by atoms with Crippen LogP contribution in [0.25, 0.3) is 22.8 Å². The molecule has 2 aromatic heterocycles. The highest BCUT2D eigenvalue weighted by Crippen LogP contribution is 2.20.